The number of hydrogen-bond donors (Lipinski definition) is 0. The summed E-state index contributed by atoms with van der Waals surface area (Å²) in [4.78, 5) is 11.7. The third-order valence-corrected chi connectivity index (χ3v) is 3.61. The van der Waals surface area contributed by atoms with E-state index in [0.717, 1.165) is 18.4 Å². The molecule has 2 aliphatic carbocycles. The van der Waals surface area contributed by atoms with Crippen molar-refractivity contribution in [2.75, 3.05) is 0 Å². The van der Waals surface area contributed by atoms with Crippen molar-refractivity contribution < 1.29 is 9.18 Å². The number of allylic oxidation sites excluding steroid dienone is 3. The molecule has 1 aromatic rings. The molecule has 0 unspecified atom stereocenters. The summed E-state index contributed by atoms with van der Waals surface area (Å²) in [5, 5.41) is 0. The van der Waals surface area contributed by atoms with E-state index in [0.29, 0.717) is 11.5 Å². The zero-order valence-electron chi connectivity index (χ0n) is 9.40. The van der Waals surface area contributed by atoms with Crippen LogP contribution in [-0.2, 0) is 4.79 Å². The first-order chi connectivity index (χ1) is 8.24. The molecule has 0 saturated heterocycles. The smallest absolute Gasteiger partial charge is 0.162 e. The Kier molecular flexibility index (Phi) is 2.43. The highest BCUT2D eigenvalue weighted by atomic mass is 19.1. The molecule has 86 valence electrons. The van der Waals surface area contributed by atoms with Crippen LogP contribution in [0.5, 0.6) is 0 Å². The Balaban J connectivity index is 1.96. The molecule has 0 spiro atoms. The fraction of sp³-hybridized carbons (Fsp3) is 0.267. The van der Waals surface area contributed by atoms with Gasteiger partial charge in [0, 0.05) is 11.5 Å². The summed E-state index contributed by atoms with van der Waals surface area (Å²) in [5.74, 6) is 0.406. The maximum atomic E-state index is 13.5. The minimum absolute atomic E-state index is 0.00962. The molecule has 0 amide bonds. The lowest BCUT2D eigenvalue weighted by Gasteiger charge is -2.11. The van der Waals surface area contributed by atoms with E-state index in [4.69, 9.17) is 0 Å². The van der Waals surface area contributed by atoms with Crippen LogP contribution >= 0.6 is 0 Å². The lowest BCUT2D eigenvalue weighted by molar-refractivity contribution is -0.117. The summed E-state index contributed by atoms with van der Waals surface area (Å²) in [6, 6.07) is 6.70. The number of hydrogen-bond acceptors (Lipinski definition) is 1. The first kappa shape index (κ1) is 10.5. The summed E-state index contributed by atoms with van der Waals surface area (Å²) < 4.78 is 13.5. The highest BCUT2D eigenvalue weighted by Crippen LogP contribution is 2.41. The van der Waals surface area contributed by atoms with Crippen LogP contribution in [0.3, 0.4) is 0 Å². The Bertz CT molecular complexity index is 527. The van der Waals surface area contributed by atoms with Crippen LogP contribution in [0.25, 0.3) is 6.08 Å². The van der Waals surface area contributed by atoms with Gasteiger partial charge in [-0.05, 0) is 30.9 Å². The molecule has 3 rings (SSSR count). The SMILES string of the molecule is O=C1C=C[C@H]2C/C(=C/c3ccccc3F)[C@@H]1C2. The van der Waals surface area contributed by atoms with E-state index in [1.54, 1.807) is 18.2 Å². The number of fused-ring (bicyclic) bond motifs is 2. The topological polar surface area (TPSA) is 17.1 Å². The van der Waals surface area contributed by atoms with Crippen molar-refractivity contribution in [3.05, 3.63) is 53.4 Å². The number of carbonyl (C=O) groups excluding carboxylic acids is 1. The van der Waals surface area contributed by atoms with E-state index in [-0.39, 0.29) is 17.5 Å². The van der Waals surface area contributed by atoms with Gasteiger partial charge in [0.1, 0.15) is 5.82 Å². The largest absolute Gasteiger partial charge is 0.294 e. The summed E-state index contributed by atoms with van der Waals surface area (Å²) in [6.45, 7) is 0. The zero-order valence-corrected chi connectivity index (χ0v) is 9.40. The maximum Gasteiger partial charge on any atom is 0.162 e. The quantitative estimate of drug-likeness (QED) is 0.720. The van der Waals surface area contributed by atoms with Crippen LogP contribution in [0.2, 0.25) is 0 Å². The first-order valence-electron chi connectivity index (χ1n) is 5.91. The lowest BCUT2D eigenvalue weighted by Crippen LogP contribution is -2.13. The highest BCUT2D eigenvalue weighted by molar-refractivity contribution is 5.96. The maximum absolute atomic E-state index is 13.5. The van der Waals surface area contributed by atoms with Crippen molar-refractivity contribution in [1.82, 2.24) is 0 Å². The summed E-state index contributed by atoms with van der Waals surface area (Å²) in [5.41, 5.74) is 1.66. The molecule has 1 nitrogen and oxygen atoms in total. The summed E-state index contributed by atoms with van der Waals surface area (Å²) in [7, 11) is 0. The van der Waals surface area contributed by atoms with Gasteiger partial charge in [-0.3, -0.25) is 4.79 Å². The van der Waals surface area contributed by atoms with Gasteiger partial charge >= 0.3 is 0 Å². The fourth-order valence-corrected chi connectivity index (χ4v) is 2.73. The van der Waals surface area contributed by atoms with E-state index >= 15 is 0 Å². The molecule has 0 N–H and O–H groups in total. The monoisotopic (exact) mass is 228 g/mol. The normalized spacial score (nSPS) is 29.0. The van der Waals surface area contributed by atoms with Crippen LogP contribution < -0.4 is 0 Å². The summed E-state index contributed by atoms with van der Waals surface area (Å²) >= 11 is 0. The Labute approximate surface area is 99.7 Å². The number of ketones is 1. The van der Waals surface area contributed by atoms with Gasteiger partial charge in [-0.2, -0.15) is 0 Å². The average molecular weight is 228 g/mol. The zero-order chi connectivity index (χ0) is 11.8. The molecule has 1 fully saturated rings. The number of carbonyl (C=O) groups is 1. The molecule has 1 aromatic carbocycles. The fourth-order valence-electron chi connectivity index (χ4n) is 2.73. The average Bonchev–Trinajstić information content (AvgIpc) is 2.66. The Morgan fingerprint density at radius 1 is 1.29 bits per heavy atom. The molecular formula is C15H13FO. The van der Waals surface area contributed by atoms with Gasteiger partial charge in [0.15, 0.2) is 5.78 Å². The summed E-state index contributed by atoms with van der Waals surface area (Å²) in [6.07, 6.45) is 7.31. The van der Waals surface area contributed by atoms with Crippen molar-refractivity contribution in [1.29, 1.82) is 0 Å². The molecule has 2 bridgehead atoms. The molecular weight excluding hydrogens is 215 g/mol. The van der Waals surface area contributed by atoms with Crippen molar-refractivity contribution in [3.63, 3.8) is 0 Å². The first-order valence-corrected chi connectivity index (χ1v) is 5.91. The highest BCUT2D eigenvalue weighted by Gasteiger charge is 2.34. The molecule has 0 heterocycles. The van der Waals surface area contributed by atoms with Gasteiger partial charge in [-0.25, -0.2) is 4.39 Å². The molecule has 2 heteroatoms. The third-order valence-electron chi connectivity index (χ3n) is 3.61. The second-order valence-electron chi connectivity index (χ2n) is 4.75. The van der Waals surface area contributed by atoms with Crippen molar-refractivity contribution >= 4 is 11.9 Å². The Hall–Kier alpha value is -1.70. The molecule has 0 aromatic heterocycles. The third kappa shape index (κ3) is 1.84. The van der Waals surface area contributed by atoms with Gasteiger partial charge in [0.05, 0.1) is 0 Å². The standard InChI is InChI=1S/C15H13FO/c16-14-4-2-1-3-11(14)9-12-7-10-5-6-15(17)13(12)8-10/h1-6,9-10,13H,7-8H2/b12-9-/t10-,13-/m0/s1. The Morgan fingerprint density at radius 2 is 2.12 bits per heavy atom. The van der Waals surface area contributed by atoms with Crippen LogP contribution in [-0.4, -0.2) is 5.78 Å². The van der Waals surface area contributed by atoms with Crippen molar-refractivity contribution in [3.8, 4) is 0 Å². The molecule has 17 heavy (non-hydrogen) atoms. The number of rotatable bonds is 1. The number of halogens is 1. The van der Waals surface area contributed by atoms with Gasteiger partial charge in [-0.1, -0.05) is 35.9 Å². The van der Waals surface area contributed by atoms with Gasteiger partial charge in [-0.15, -0.1) is 0 Å². The van der Waals surface area contributed by atoms with Crippen molar-refractivity contribution in [2.45, 2.75) is 12.8 Å². The second-order valence-corrected chi connectivity index (χ2v) is 4.75. The molecule has 2 aliphatic rings. The van der Waals surface area contributed by atoms with E-state index in [1.165, 1.54) is 6.07 Å². The lowest BCUT2D eigenvalue weighted by atomic mass is 9.92. The minimum atomic E-state index is -0.221. The van der Waals surface area contributed by atoms with Gasteiger partial charge < -0.3 is 0 Å². The van der Waals surface area contributed by atoms with E-state index in [1.807, 2.05) is 18.2 Å². The Morgan fingerprint density at radius 3 is 2.94 bits per heavy atom. The minimum Gasteiger partial charge on any atom is -0.294 e. The van der Waals surface area contributed by atoms with Crippen LogP contribution in [0.4, 0.5) is 4.39 Å². The van der Waals surface area contributed by atoms with Crippen LogP contribution in [0.15, 0.2) is 42.0 Å². The second kappa shape index (κ2) is 3.95. The van der Waals surface area contributed by atoms with E-state index < -0.39 is 0 Å². The van der Waals surface area contributed by atoms with Crippen LogP contribution in [0.1, 0.15) is 18.4 Å². The molecule has 0 aliphatic heterocycles. The predicted molar refractivity (Wildman–Crippen MR) is 64.7 cm³/mol. The predicted octanol–water partition coefficient (Wildman–Crippen LogP) is 3.37. The van der Waals surface area contributed by atoms with Crippen LogP contribution in [0, 0.1) is 17.7 Å². The number of benzene rings is 1. The van der Waals surface area contributed by atoms with E-state index in [2.05, 4.69) is 0 Å². The molecule has 0 radical (unpaired) electrons. The molecule has 1 saturated carbocycles. The van der Waals surface area contributed by atoms with Gasteiger partial charge in [0.2, 0.25) is 0 Å². The molecule has 2 atom stereocenters. The van der Waals surface area contributed by atoms with Crippen molar-refractivity contribution in [2.24, 2.45) is 11.8 Å². The van der Waals surface area contributed by atoms with Gasteiger partial charge in [0.25, 0.3) is 0 Å². The van der Waals surface area contributed by atoms with E-state index in [9.17, 15) is 9.18 Å².